The molecule has 0 aromatic heterocycles. The number of ether oxygens (including phenoxy) is 1. The van der Waals surface area contributed by atoms with E-state index in [1.54, 1.807) is 0 Å². The number of nitro benzene ring substituents is 2. The molecular weight excluding hydrogens is 486 g/mol. The first-order valence-electron chi connectivity index (χ1n) is 8.62. The van der Waals surface area contributed by atoms with Crippen LogP contribution in [0.5, 0.6) is 0 Å². The van der Waals surface area contributed by atoms with Crippen molar-refractivity contribution < 1.29 is 55.6 Å². The van der Waals surface area contributed by atoms with Crippen LogP contribution in [0.2, 0.25) is 0 Å². The van der Waals surface area contributed by atoms with Gasteiger partial charge in [-0.05, 0) is 31.2 Å². The minimum atomic E-state index is -4.89. The quantitative estimate of drug-likeness (QED) is 0.259. The zero-order valence-electron chi connectivity index (χ0n) is 16.6. The molecule has 0 atom stereocenters. The van der Waals surface area contributed by atoms with Crippen molar-refractivity contribution in [3.05, 3.63) is 78.9 Å². The Balaban J connectivity index is 0.000000342. The molecule has 0 heterocycles. The number of halogens is 6. The van der Waals surface area contributed by atoms with Crippen molar-refractivity contribution in [3.63, 3.8) is 0 Å². The predicted octanol–water partition coefficient (Wildman–Crippen LogP) is 5.10. The monoisotopic (exact) mass is 498 g/mol. The van der Waals surface area contributed by atoms with E-state index in [1.807, 2.05) is 0 Å². The summed E-state index contributed by atoms with van der Waals surface area (Å²) in [5.41, 5.74) is -6.18. The Morgan fingerprint density at radius 3 is 1.56 bits per heavy atom. The molecule has 0 radical (unpaired) electrons. The third kappa shape index (κ3) is 7.14. The zero-order chi connectivity index (χ0) is 26.4. The Bertz CT molecular complexity index is 1110. The standard InChI is InChI=1S/C10H8F3NO4.C8H4F3NO4/c1-2-18-9(15)6-3-4-7(10(11,12)13)8(5-6)14(16)17;9-8(10,11)5-2-1-4(7(13)14)3-6(5)12(15)16/h3-5H,2H2,1H3;1-3H,(H,13,14). The molecule has 2 aromatic carbocycles. The summed E-state index contributed by atoms with van der Waals surface area (Å²) in [4.78, 5) is 40.1. The topological polar surface area (TPSA) is 150 Å². The lowest BCUT2D eigenvalue weighted by atomic mass is 10.1. The number of nitro groups is 2. The first-order valence-corrected chi connectivity index (χ1v) is 8.62. The molecule has 184 valence electrons. The van der Waals surface area contributed by atoms with Crippen LogP contribution in [0.1, 0.15) is 38.8 Å². The van der Waals surface area contributed by atoms with Crippen LogP contribution < -0.4 is 0 Å². The number of alkyl halides is 6. The van der Waals surface area contributed by atoms with Crippen molar-refractivity contribution in [3.8, 4) is 0 Å². The van der Waals surface area contributed by atoms with Gasteiger partial charge in [-0.15, -0.1) is 0 Å². The van der Waals surface area contributed by atoms with Crippen molar-refractivity contribution in [1.29, 1.82) is 0 Å². The van der Waals surface area contributed by atoms with Crippen LogP contribution >= 0.6 is 0 Å². The fourth-order valence-corrected chi connectivity index (χ4v) is 2.32. The van der Waals surface area contributed by atoms with Gasteiger partial charge in [-0.25, -0.2) is 9.59 Å². The van der Waals surface area contributed by atoms with Crippen molar-refractivity contribution in [1.82, 2.24) is 0 Å². The van der Waals surface area contributed by atoms with Gasteiger partial charge in [0, 0.05) is 12.1 Å². The fraction of sp³-hybridized carbons (Fsp3) is 0.222. The van der Waals surface area contributed by atoms with Crippen molar-refractivity contribution in [2.45, 2.75) is 19.3 Å². The lowest BCUT2D eigenvalue weighted by Crippen LogP contribution is -2.11. The molecule has 0 aliphatic rings. The molecular formula is C18H12F6N2O8. The third-order valence-corrected chi connectivity index (χ3v) is 3.76. The number of carboxylic acid groups (broad SMARTS) is 1. The second-order valence-corrected chi connectivity index (χ2v) is 6.00. The van der Waals surface area contributed by atoms with E-state index in [2.05, 4.69) is 4.74 Å². The van der Waals surface area contributed by atoms with Gasteiger partial charge in [0.25, 0.3) is 11.4 Å². The Morgan fingerprint density at radius 1 is 0.853 bits per heavy atom. The Morgan fingerprint density at radius 2 is 1.24 bits per heavy atom. The molecule has 0 saturated carbocycles. The summed E-state index contributed by atoms with van der Waals surface area (Å²) < 4.78 is 78.8. The maximum Gasteiger partial charge on any atom is 0.422 e. The summed E-state index contributed by atoms with van der Waals surface area (Å²) in [6.07, 6.45) is -9.74. The minimum Gasteiger partial charge on any atom is -0.478 e. The highest BCUT2D eigenvalue weighted by atomic mass is 19.4. The molecule has 0 spiro atoms. The van der Waals surface area contributed by atoms with Crippen molar-refractivity contribution in [2.24, 2.45) is 0 Å². The molecule has 0 fully saturated rings. The summed E-state index contributed by atoms with van der Waals surface area (Å²) in [5.74, 6) is -2.44. The molecule has 0 bridgehead atoms. The van der Waals surface area contributed by atoms with E-state index in [4.69, 9.17) is 5.11 Å². The number of carbonyl (C=O) groups excluding carboxylic acids is 1. The fourth-order valence-electron chi connectivity index (χ4n) is 2.32. The minimum absolute atomic E-state index is 0.0215. The van der Waals surface area contributed by atoms with Crippen LogP contribution in [0.25, 0.3) is 0 Å². The Hall–Kier alpha value is -4.24. The highest BCUT2D eigenvalue weighted by Gasteiger charge is 2.39. The van der Waals surface area contributed by atoms with E-state index in [0.29, 0.717) is 30.3 Å². The van der Waals surface area contributed by atoms with Crippen LogP contribution in [0, 0.1) is 20.2 Å². The summed E-state index contributed by atoms with van der Waals surface area (Å²) in [6, 6.07) is 3.31. The normalized spacial score (nSPS) is 11.1. The van der Waals surface area contributed by atoms with Crippen molar-refractivity contribution in [2.75, 3.05) is 6.61 Å². The average Bonchev–Trinajstić information content (AvgIpc) is 2.72. The van der Waals surface area contributed by atoms with Crippen LogP contribution in [0.3, 0.4) is 0 Å². The summed E-state index contributed by atoms with van der Waals surface area (Å²) in [5, 5.41) is 29.4. The predicted molar refractivity (Wildman–Crippen MR) is 99.1 cm³/mol. The van der Waals surface area contributed by atoms with Gasteiger partial charge in [-0.3, -0.25) is 20.2 Å². The lowest BCUT2D eigenvalue weighted by Gasteiger charge is -2.08. The number of hydrogen-bond acceptors (Lipinski definition) is 7. The number of hydrogen-bond donors (Lipinski definition) is 1. The molecule has 0 saturated heterocycles. The molecule has 0 amide bonds. The number of benzene rings is 2. The number of esters is 1. The highest BCUT2D eigenvalue weighted by molar-refractivity contribution is 5.90. The van der Waals surface area contributed by atoms with E-state index in [-0.39, 0.29) is 12.2 Å². The molecule has 0 unspecified atom stereocenters. The van der Waals surface area contributed by atoms with Crippen LogP contribution in [0.15, 0.2) is 36.4 Å². The molecule has 0 aliphatic heterocycles. The number of carbonyl (C=O) groups is 2. The molecule has 1 N–H and O–H groups in total. The van der Waals surface area contributed by atoms with E-state index in [1.165, 1.54) is 6.92 Å². The van der Waals surface area contributed by atoms with Gasteiger partial charge in [0.1, 0.15) is 11.1 Å². The molecule has 10 nitrogen and oxygen atoms in total. The highest BCUT2D eigenvalue weighted by Crippen LogP contribution is 2.37. The van der Waals surface area contributed by atoms with Gasteiger partial charge in [0.15, 0.2) is 0 Å². The number of carboxylic acids is 1. The first kappa shape index (κ1) is 27.8. The summed E-state index contributed by atoms with van der Waals surface area (Å²) in [7, 11) is 0. The van der Waals surface area contributed by atoms with Crippen molar-refractivity contribution >= 4 is 23.3 Å². The zero-order valence-corrected chi connectivity index (χ0v) is 16.6. The molecule has 16 heteroatoms. The molecule has 2 rings (SSSR count). The largest absolute Gasteiger partial charge is 0.478 e. The lowest BCUT2D eigenvalue weighted by molar-refractivity contribution is -0.388. The number of nitrogens with zero attached hydrogens (tertiary/aromatic N) is 2. The van der Waals surface area contributed by atoms with Gasteiger partial charge in [0.2, 0.25) is 0 Å². The number of aromatic carboxylic acids is 1. The maximum absolute atomic E-state index is 12.5. The van der Waals surface area contributed by atoms with Crippen LogP contribution in [-0.4, -0.2) is 33.5 Å². The van der Waals surface area contributed by atoms with Gasteiger partial charge >= 0.3 is 24.3 Å². The van der Waals surface area contributed by atoms with Crippen LogP contribution in [0.4, 0.5) is 37.7 Å². The second kappa shape index (κ2) is 10.6. The summed E-state index contributed by atoms with van der Waals surface area (Å²) in [6.45, 7) is 1.53. The summed E-state index contributed by atoms with van der Waals surface area (Å²) >= 11 is 0. The van der Waals surface area contributed by atoms with E-state index >= 15 is 0 Å². The van der Waals surface area contributed by atoms with Gasteiger partial charge in [-0.2, -0.15) is 26.3 Å². The maximum atomic E-state index is 12.5. The van der Waals surface area contributed by atoms with E-state index in [0.717, 1.165) is 6.07 Å². The second-order valence-electron chi connectivity index (χ2n) is 6.00. The Kier molecular flexibility index (Phi) is 8.65. The molecule has 34 heavy (non-hydrogen) atoms. The molecule has 0 aliphatic carbocycles. The van der Waals surface area contributed by atoms with E-state index in [9.17, 15) is 56.2 Å². The van der Waals surface area contributed by atoms with Gasteiger partial charge < -0.3 is 9.84 Å². The number of rotatable bonds is 5. The Labute approximate surface area is 184 Å². The average molecular weight is 498 g/mol. The third-order valence-electron chi connectivity index (χ3n) is 3.76. The molecule has 2 aromatic rings. The van der Waals surface area contributed by atoms with Crippen LogP contribution in [-0.2, 0) is 17.1 Å². The SMILES string of the molecule is CCOC(=O)c1ccc(C(F)(F)F)c([N+](=O)[O-])c1.O=C(O)c1ccc(C(F)(F)F)c([N+](=O)[O-])c1. The van der Waals surface area contributed by atoms with Gasteiger partial charge in [-0.1, -0.05) is 0 Å². The van der Waals surface area contributed by atoms with E-state index < -0.39 is 62.2 Å². The smallest absolute Gasteiger partial charge is 0.422 e. The van der Waals surface area contributed by atoms with Gasteiger partial charge in [0.05, 0.1) is 27.6 Å². The first-order chi connectivity index (χ1) is 15.5.